The fourth-order valence-corrected chi connectivity index (χ4v) is 4.25. The second-order valence-corrected chi connectivity index (χ2v) is 9.36. The summed E-state index contributed by atoms with van der Waals surface area (Å²) >= 11 is 0. The first-order valence-electron chi connectivity index (χ1n) is 12.3. The van der Waals surface area contributed by atoms with Gasteiger partial charge in [-0.15, -0.1) is 0 Å². The topological polar surface area (TPSA) is 155 Å². The van der Waals surface area contributed by atoms with Crippen LogP contribution in [-0.2, 0) is 19.1 Å². The first-order valence-corrected chi connectivity index (χ1v) is 12.3. The Kier molecular flexibility index (Phi) is 11.5. The van der Waals surface area contributed by atoms with Gasteiger partial charge in [0.25, 0.3) is 0 Å². The Balaban J connectivity index is 1.59. The summed E-state index contributed by atoms with van der Waals surface area (Å²) in [5.41, 5.74) is 6.09. The van der Waals surface area contributed by atoms with Gasteiger partial charge < -0.3 is 40.7 Å². The van der Waals surface area contributed by atoms with Crippen molar-refractivity contribution in [3.63, 3.8) is 0 Å². The van der Waals surface area contributed by atoms with E-state index in [1.165, 1.54) is 0 Å². The molecule has 0 aromatic heterocycles. The second kappa shape index (κ2) is 13.6. The van der Waals surface area contributed by atoms with Crippen LogP contribution in [0.5, 0.6) is 0 Å². The molecular formula is C23H43N3O7. The number of nitrogens with two attached hydrogens (primary N) is 1. The molecule has 0 aliphatic carbocycles. The number of rotatable bonds is 12. The van der Waals surface area contributed by atoms with Crippen molar-refractivity contribution >= 4 is 11.8 Å². The lowest BCUT2D eigenvalue weighted by molar-refractivity contribution is -0.293. The molecule has 0 saturated carbocycles. The molecular weight excluding hydrogens is 430 g/mol. The van der Waals surface area contributed by atoms with Gasteiger partial charge in [0.15, 0.2) is 6.29 Å². The van der Waals surface area contributed by atoms with Gasteiger partial charge in [0.05, 0.1) is 12.1 Å². The number of aliphatic hydroxyl groups is 3. The zero-order chi connectivity index (χ0) is 24.5. The third kappa shape index (κ3) is 7.60. The summed E-state index contributed by atoms with van der Waals surface area (Å²) in [5.74, 6) is -0.164. The highest BCUT2D eigenvalue weighted by Crippen LogP contribution is 2.22. The quantitative estimate of drug-likeness (QED) is 0.246. The summed E-state index contributed by atoms with van der Waals surface area (Å²) in [5, 5.41) is 32.4. The molecule has 2 aliphatic heterocycles. The van der Waals surface area contributed by atoms with E-state index in [0.717, 1.165) is 38.5 Å². The van der Waals surface area contributed by atoms with Gasteiger partial charge in [0.1, 0.15) is 24.4 Å². The standard InChI is InChI=1S/C23H43N3O7/c1-4-14(2)17(24)22(31)26-12-9-10-16(26)21(30)25-11-7-5-6-8-13-32-23-20(29)19(28)18(27)15(3)33-23/h14-20,23,27-29H,4-13,24H2,1-3H3,(H,25,30)/t14-,15?,16+,17+,18?,19?,20?,23?/m1/s1. The molecule has 6 N–H and O–H groups in total. The lowest BCUT2D eigenvalue weighted by Gasteiger charge is -2.38. The Bertz CT molecular complexity index is 623. The highest BCUT2D eigenvalue weighted by atomic mass is 16.7. The van der Waals surface area contributed by atoms with Crippen LogP contribution in [0.4, 0.5) is 0 Å². The summed E-state index contributed by atoms with van der Waals surface area (Å²) < 4.78 is 10.9. The van der Waals surface area contributed by atoms with Gasteiger partial charge in [-0.25, -0.2) is 0 Å². The number of hydrogen-bond donors (Lipinski definition) is 5. The van der Waals surface area contributed by atoms with Gasteiger partial charge in [-0.2, -0.15) is 0 Å². The Morgan fingerprint density at radius 3 is 2.55 bits per heavy atom. The van der Waals surface area contributed by atoms with E-state index < -0.39 is 42.8 Å². The monoisotopic (exact) mass is 473 g/mol. The third-order valence-electron chi connectivity index (χ3n) is 6.84. The van der Waals surface area contributed by atoms with Crippen molar-refractivity contribution in [3.05, 3.63) is 0 Å². The number of hydrogen-bond acceptors (Lipinski definition) is 8. The number of carbonyl (C=O) groups is 2. The Morgan fingerprint density at radius 1 is 1.15 bits per heavy atom. The smallest absolute Gasteiger partial charge is 0.242 e. The fourth-order valence-electron chi connectivity index (χ4n) is 4.25. The molecule has 0 bridgehead atoms. The number of likely N-dealkylation sites (tertiary alicyclic amines) is 1. The van der Waals surface area contributed by atoms with Gasteiger partial charge >= 0.3 is 0 Å². The van der Waals surface area contributed by atoms with Crippen LogP contribution in [-0.4, -0.2) is 94.5 Å². The minimum atomic E-state index is -1.29. The van der Waals surface area contributed by atoms with E-state index in [4.69, 9.17) is 15.2 Å². The van der Waals surface area contributed by atoms with E-state index in [2.05, 4.69) is 5.32 Å². The minimum Gasteiger partial charge on any atom is -0.388 e. The number of unbranched alkanes of at least 4 members (excludes halogenated alkanes) is 3. The molecule has 0 radical (unpaired) electrons. The average molecular weight is 474 g/mol. The largest absolute Gasteiger partial charge is 0.388 e. The maximum absolute atomic E-state index is 12.7. The number of aliphatic hydroxyl groups excluding tert-OH is 3. The highest BCUT2D eigenvalue weighted by molar-refractivity contribution is 5.90. The molecule has 2 rings (SSSR count). The van der Waals surface area contributed by atoms with Crippen molar-refractivity contribution in [2.24, 2.45) is 11.7 Å². The number of nitrogens with zero attached hydrogens (tertiary/aromatic N) is 1. The predicted octanol–water partition coefficient (Wildman–Crippen LogP) is -0.128. The molecule has 2 saturated heterocycles. The SMILES string of the molecule is CC[C@@H](C)[C@H](N)C(=O)N1CCC[C@H]1C(=O)NCCCCCCOC1OC(C)C(O)C(O)C1O. The van der Waals surface area contributed by atoms with Gasteiger partial charge in [0, 0.05) is 19.7 Å². The van der Waals surface area contributed by atoms with Gasteiger partial charge in [-0.3, -0.25) is 9.59 Å². The summed E-state index contributed by atoms with van der Waals surface area (Å²) in [7, 11) is 0. The molecule has 10 nitrogen and oxygen atoms in total. The van der Waals surface area contributed by atoms with E-state index in [1.807, 2.05) is 13.8 Å². The van der Waals surface area contributed by atoms with E-state index in [0.29, 0.717) is 26.1 Å². The maximum atomic E-state index is 12.7. The minimum absolute atomic E-state index is 0.0822. The molecule has 5 unspecified atom stereocenters. The summed E-state index contributed by atoms with van der Waals surface area (Å²) in [6, 6.07) is -0.999. The number of ether oxygens (including phenoxy) is 2. The van der Waals surface area contributed by atoms with Gasteiger partial charge in [0.2, 0.25) is 11.8 Å². The zero-order valence-electron chi connectivity index (χ0n) is 20.2. The van der Waals surface area contributed by atoms with Crippen LogP contribution in [0.25, 0.3) is 0 Å². The molecule has 33 heavy (non-hydrogen) atoms. The summed E-state index contributed by atoms with van der Waals surface area (Å²) in [4.78, 5) is 26.9. The fraction of sp³-hybridized carbons (Fsp3) is 0.913. The van der Waals surface area contributed by atoms with Gasteiger partial charge in [-0.1, -0.05) is 33.1 Å². The van der Waals surface area contributed by atoms with Crippen molar-refractivity contribution in [2.75, 3.05) is 19.7 Å². The molecule has 0 spiro atoms. The maximum Gasteiger partial charge on any atom is 0.242 e. The molecule has 2 amide bonds. The van der Waals surface area contributed by atoms with Crippen LogP contribution >= 0.6 is 0 Å². The second-order valence-electron chi connectivity index (χ2n) is 9.36. The van der Waals surface area contributed by atoms with E-state index in [9.17, 15) is 24.9 Å². The summed E-state index contributed by atoms with van der Waals surface area (Å²) in [6.07, 6.45) is 0.327. The number of carbonyl (C=O) groups excluding carboxylic acids is 2. The average Bonchev–Trinajstić information content (AvgIpc) is 3.30. The van der Waals surface area contributed by atoms with Crippen LogP contribution in [0.2, 0.25) is 0 Å². The molecule has 2 fully saturated rings. The molecule has 2 aliphatic rings. The third-order valence-corrected chi connectivity index (χ3v) is 6.84. The molecule has 192 valence electrons. The lowest BCUT2D eigenvalue weighted by atomic mass is 9.98. The molecule has 0 aromatic carbocycles. The highest BCUT2D eigenvalue weighted by Gasteiger charge is 2.42. The number of nitrogens with one attached hydrogen (secondary N) is 1. The molecule has 2 heterocycles. The van der Waals surface area contributed by atoms with Gasteiger partial charge in [-0.05, 0) is 38.5 Å². The molecule has 8 atom stereocenters. The van der Waals surface area contributed by atoms with Crippen molar-refractivity contribution in [1.82, 2.24) is 10.2 Å². The zero-order valence-corrected chi connectivity index (χ0v) is 20.2. The molecule has 10 heteroatoms. The van der Waals surface area contributed by atoms with Crippen LogP contribution in [0.3, 0.4) is 0 Å². The molecule has 0 aromatic rings. The van der Waals surface area contributed by atoms with Crippen molar-refractivity contribution in [1.29, 1.82) is 0 Å². The van der Waals surface area contributed by atoms with Crippen LogP contribution in [0.15, 0.2) is 0 Å². The first kappa shape index (κ1) is 27.9. The summed E-state index contributed by atoms with van der Waals surface area (Å²) in [6.45, 7) is 7.06. The van der Waals surface area contributed by atoms with Crippen LogP contribution in [0, 0.1) is 5.92 Å². The van der Waals surface area contributed by atoms with Crippen molar-refractivity contribution in [2.45, 2.75) is 109 Å². The normalized spacial score (nSPS) is 31.9. The van der Waals surface area contributed by atoms with Crippen molar-refractivity contribution in [3.8, 4) is 0 Å². The van der Waals surface area contributed by atoms with Crippen molar-refractivity contribution < 1.29 is 34.4 Å². The number of amides is 2. The van der Waals surface area contributed by atoms with Crippen LogP contribution < -0.4 is 11.1 Å². The predicted molar refractivity (Wildman–Crippen MR) is 122 cm³/mol. The van der Waals surface area contributed by atoms with E-state index >= 15 is 0 Å². The van der Waals surface area contributed by atoms with E-state index in [1.54, 1.807) is 11.8 Å². The Morgan fingerprint density at radius 2 is 1.85 bits per heavy atom. The Hall–Kier alpha value is -1.30. The lowest BCUT2D eigenvalue weighted by Crippen LogP contribution is -2.57. The first-order chi connectivity index (χ1) is 15.7. The van der Waals surface area contributed by atoms with E-state index in [-0.39, 0.29) is 17.7 Å². The Labute approximate surface area is 196 Å². The van der Waals surface area contributed by atoms with Crippen LogP contribution in [0.1, 0.15) is 65.7 Å².